The Kier molecular flexibility index (Phi) is 6.42. The Morgan fingerprint density at radius 1 is 1.26 bits per heavy atom. The predicted octanol–water partition coefficient (Wildman–Crippen LogP) is 2.36. The summed E-state index contributed by atoms with van der Waals surface area (Å²) in [6.07, 6.45) is 0. The maximum Gasteiger partial charge on any atom is 0.313 e. The van der Waals surface area contributed by atoms with Gasteiger partial charge in [0.15, 0.2) is 0 Å². The number of nitrogens with one attached hydrogen (secondary N) is 1. The van der Waals surface area contributed by atoms with Crippen LogP contribution in [-0.2, 0) is 4.79 Å². The first-order chi connectivity index (χ1) is 9.00. The summed E-state index contributed by atoms with van der Waals surface area (Å²) in [4.78, 5) is 22.1. The summed E-state index contributed by atoms with van der Waals surface area (Å²) in [5, 5.41) is 11.2. The second-order valence-corrected chi connectivity index (χ2v) is 5.58. The van der Waals surface area contributed by atoms with Crippen molar-refractivity contribution < 1.29 is 14.7 Å². The van der Waals surface area contributed by atoms with E-state index in [0.29, 0.717) is 23.8 Å². The third kappa shape index (κ3) is 5.79. The molecule has 1 amide bonds. The molecule has 1 aromatic rings. The number of aliphatic carboxylic acids is 1. The standard InChI is InChI=1S/C14H19NO3S/c1-10(2)11-3-5-12(6-4-11)14(18)15-7-8-19-9-13(16)17/h3-6,10H,7-9H2,1-2H3,(H,15,18)(H,16,17). The molecule has 0 radical (unpaired) electrons. The lowest BCUT2D eigenvalue weighted by Crippen LogP contribution is -2.26. The van der Waals surface area contributed by atoms with E-state index in [9.17, 15) is 9.59 Å². The summed E-state index contributed by atoms with van der Waals surface area (Å²) in [6, 6.07) is 7.54. The second kappa shape index (κ2) is 7.84. The van der Waals surface area contributed by atoms with E-state index >= 15 is 0 Å². The smallest absolute Gasteiger partial charge is 0.313 e. The Bertz CT molecular complexity index is 429. The number of thioether (sulfide) groups is 1. The van der Waals surface area contributed by atoms with Crippen LogP contribution in [-0.4, -0.2) is 35.0 Å². The van der Waals surface area contributed by atoms with Gasteiger partial charge in [0.2, 0.25) is 0 Å². The molecule has 1 aromatic carbocycles. The van der Waals surface area contributed by atoms with Crippen molar-refractivity contribution in [2.45, 2.75) is 19.8 Å². The molecule has 104 valence electrons. The van der Waals surface area contributed by atoms with Crippen molar-refractivity contribution in [1.29, 1.82) is 0 Å². The molecular weight excluding hydrogens is 262 g/mol. The Morgan fingerprint density at radius 3 is 2.42 bits per heavy atom. The summed E-state index contributed by atoms with van der Waals surface area (Å²) < 4.78 is 0. The van der Waals surface area contributed by atoms with Crippen molar-refractivity contribution in [3.05, 3.63) is 35.4 Å². The SMILES string of the molecule is CC(C)c1ccc(C(=O)NCCSCC(=O)O)cc1. The fourth-order valence-corrected chi connectivity index (χ4v) is 2.08. The molecule has 0 fully saturated rings. The van der Waals surface area contributed by atoms with Gasteiger partial charge in [-0.15, -0.1) is 11.8 Å². The van der Waals surface area contributed by atoms with Crippen LogP contribution in [0, 0.1) is 0 Å². The van der Waals surface area contributed by atoms with Gasteiger partial charge in [-0.05, 0) is 23.6 Å². The first-order valence-electron chi connectivity index (χ1n) is 6.18. The normalized spacial score (nSPS) is 10.5. The van der Waals surface area contributed by atoms with E-state index in [1.165, 1.54) is 17.3 Å². The minimum absolute atomic E-state index is 0.0684. The fraction of sp³-hybridized carbons (Fsp3) is 0.429. The van der Waals surface area contributed by atoms with Crippen molar-refractivity contribution in [3.63, 3.8) is 0 Å². The molecular formula is C14H19NO3S. The zero-order valence-corrected chi connectivity index (χ0v) is 12.0. The molecule has 0 atom stereocenters. The molecule has 0 aliphatic rings. The summed E-state index contributed by atoms with van der Waals surface area (Å²) in [7, 11) is 0. The van der Waals surface area contributed by atoms with Crippen LogP contribution >= 0.6 is 11.8 Å². The van der Waals surface area contributed by atoms with Crippen LogP contribution in [0.1, 0.15) is 35.7 Å². The van der Waals surface area contributed by atoms with Crippen LogP contribution in [0.15, 0.2) is 24.3 Å². The van der Waals surface area contributed by atoms with Gasteiger partial charge < -0.3 is 10.4 Å². The van der Waals surface area contributed by atoms with Crippen LogP contribution in [0.25, 0.3) is 0 Å². The highest BCUT2D eigenvalue weighted by Crippen LogP contribution is 2.14. The lowest BCUT2D eigenvalue weighted by molar-refractivity contribution is -0.133. The topological polar surface area (TPSA) is 66.4 Å². The highest BCUT2D eigenvalue weighted by molar-refractivity contribution is 7.99. The molecule has 0 heterocycles. The Balaban J connectivity index is 2.35. The summed E-state index contributed by atoms with van der Waals surface area (Å²) in [5.74, 6) is 0.164. The van der Waals surface area contributed by atoms with E-state index in [4.69, 9.17) is 5.11 Å². The van der Waals surface area contributed by atoms with Crippen LogP contribution in [0.2, 0.25) is 0 Å². The number of carbonyl (C=O) groups is 2. The average Bonchev–Trinajstić information content (AvgIpc) is 2.37. The molecule has 0 saturated heterocycles. The molecule has 0 bridgehead atoms. The van der Waals surface area contributed by atoms with Gasteiger partial charge in [-0.1, -0.05) is 26.0 Å². The minimum Gasteiger partial charge on any atom is -0.481 e. The van der Waals surface area contributed by atoms with Gasteiger partial charge in [-0.3, -0.25) is 9.59 Å². The lowest BCUT2D eigenvalue weighted by Gasteiger charge is -2.07. The molecule has 0 unspecified atom stereocenters. The summed E-state index contributed by atoms with van der Waals surface area (Å²) >= 11 is 1.29. The maximum atomic E-state index is 11.8. The number of carboxylic acid groups (broad SMARTS) is 1. The first kappa shape index (κ1) is 15.6. The van der Waals surface area contributed by atoms with Gasteiger partial charge in [-0.2, -0.15) is 0 Å². The summed E-state index contributed by atoms with van der Waals surface area (Å²) in [6.45, 7) is 4.69. The molecule has 0 aliphatic carbocycles. The van der Waals surface area contributed by atoms with Crippen molar-refractivity contribution >= 4 is 23.6 Å². The third-order valence-electron chi connectivity index (χ3n) is 2.60. The van der Waals surface area contributed by atoms with Crippen LogP contribution < -0.4 is 5.32 Å². The van der Waals surface area contributed by atoms with E-state index in [2.05, 4.69) is 19.2 Å². The van der Waals surface area contributed by atoms with Crippen LogP contribution in [0.5, 0.6) is 0 Å². The molecule has 0 saturated carbocycles. The Labute approximate surface area is 117 Å². The summed E-state index contributed by atoms with van der Waals surface area (Å²) in [5.41, 5.74) is 1.83. The zero-order valence-electron chi connectivity index (χ0n) is 11.2. The molecule has 0 spiro atoms. The molecule has 5 heteroatoms. The van der Waals surface area contributed by atoms with Crippen LogP contribution in [0.4, 0.5) is 0 Å². The molecule has 4 nitrogen and oxygen atoms in total. The van der Waals surface area contributed by atoms with Crippen molar-refractivity contribution in [1.82, 2.24) is 5.32 Å². The molecule has 19 heavy (non-hydrogen) atoms. The first-order valence-corrected chi connectivity index (χ1v) is 7.34. The van der Waals surface area contributed by atoms with E-state index in [0.717, 1.165) is 0 Å². The monoisotopic (exact) mass is 281 g/mol. The number of carboxylic acids is 1. The number of benzene rings is 1. The van der Waals surface area contributed by atoms with E-state index in [1.54, 1.807) is 0 Å². The fourth-order valence-electron chi connectivity index (χ4n) is 1.52. The van der Waals surface area contributed by atoms with Crippen molar-refractivity contribution in [2.75, 3.05) is 18.1 Å². The van der Waals surface area contributed by atoms with Gasteiger partial charge in [0.1, 0.15) is 0 Å². The number of hydrogen-bond acceptors (Lipinski definition) is 3. The highest BCUT2D eigenvalue weighted by Gasteiger charge is 2.06. The van der Waals surface area contributed by atoms with E-state index < -0.39 is 5.97 Å². The van der Waals surface area contributed by atoms with Gasteiger partial charge in [0.05, 0.1) is 5.75 Å². The third-order valence-corrected chi connectivity index (χ3v) is 3.54. The Morgan fingerprint density at radius 2 is 1.89 bits per heavy atom. The quantitative estimate of drug-likeness (QED) is 0.753. The van der Waals surface area contributed by atoms with Crippen LogP contribution in [0.3, 0.4) is 0 Å². The minimum atomic E-state index is -0.833. The van der Waals surface area contributed by atoms with E-state index in [-0.39, 0.29) is 11.7 Å². The molecule has 0 aliphatic heterocycles. The predicted molar refractivity (Wildman–Crippen MR) is 77.8 cm³/mol. The second-order valence-electron chi connectivity index (χ2n) is 4.48. The van der Waals surface area contributed by atoms with Gasteiger partial charge >= 0.3 is 5.97 Å². The van der Waals surface area contributed by atoms with Crippen molar-refractivity contribution in [3.8, 4) is 0 Å². The number of hydrogen-bond donors (Lipinski definition) is 2. The zero-order chi connectivity index (χ0) is 14.3. The molecule has 2 N–H and O–H groups in total. The average molecular weight is 281 g/mol. The van der Waals surface area contributed by atoms with Crippen molar-refractivity contribution in [2.24, 2.45) is 0 Å². The van der Waals surface area contributed by atoms with E-state index in [1.807, 2.05) is 24.3 Å². The van der Waals surface area contributed by atoms with Gasteiger partial charge in [-0.25, -0.2) is 0 Å². The molecule has 0 aromatic heterocycles. The number of rotatable bonds is 7. The lowest BCUT2D eigenvalue weighted by atomic mass is 10.0. The highest BCUT2D eigenvalue weighted by atomic mass is 32.2. The molecule has 1 rings (SSSR count). The Hall–Kier alpha value is -1.49. The number of amides is 1. The van der Waals surface area contributed by atoms with Gasteiger partial charge in [0, 0.05) is 17.9 Å². The maximum absolute atomic E-state index is 11.8. The van der Waals surface area contributed by atoms with Gasteiger partial charge in [0.25, 0.3) is 5.91 Å². The number of carbonyl (C=O) groups excluding carboxylic acids is 1. The largest absolute Gasteiger partial charge is 0.481 e.